The fourth-order valence-electron chi connectivity index (χ4n) is 2.40. The number of rotatable bonds is 5. The van der Waals surface area contributed by atoms with Crippen LogP contribution >= 0.6 is 15.9 Å². The highest BCUT2D eigenvalue weighted by Gasteiger charge is 2.39. The lowest BCUT2D eigenvalue weighted by atomic mass is 10.0. The number of sulfone groups is 1. The van der Waals surface area contributed by atoms with Crippen molar-refractivity contribution >= 4 is 43.7 Å². The summed E-state index contributed by atoms with van der Waals surface area (Å²) in [6, 6.07) is 7.33. The average molecular weight is 416 g/mol. The summed E-state index contributed by atoms with van der Waals surface area (Å²) >= 11 is 3.32. The molecule has 0 aliphatic carbocycles. The summed E-state index contributed by atoms with van der Waals surface area (Å²) in [7, 11) is -3.11. The number of hydrogen-bond acceptors (Lipinski definition) is 5. The first-order valence-corrected chi connectivity index (χ1v) is 9.91. The SMILES string of the molecule is C[C@@]1(NC(=O)COC(=O)/C=C/c2ccc(Br)cc2)CCS(=O)(=O)C1. The molecule has 2 rings (SSSR count). The van der Waals surface area contributed by atoms with Gasteiger partial charge in [0.1, 0.15) is 0 Å². The van der Waals surface area contributed by atoms with E-state index in [-0.39, 0.29) is 11.5 Å². The molecule has 0 unspecified atom stereocenters. The second kappa shape index (κ2) is 7.48. The molecule has 1 heterocycles. The highest BCUT2D eigenvalue weighted by molar-refractivity contribution is 9.10. The molecule has 1 amide bonds. The van der Waals surface area contributed by atoms with Gasteiger partial charge in [-0.3, -0.25) is 4.79 Å². The van der Waals surface area contributed by atoms with Crippen molar-refractivity contribution in [2.75, 3.05) is 18.1 Å². The molecule has 0 radical (unpaired) electrons. The monoisotopic (exact) mass is 415 g/mol. The highest BCUT2D eigenvalue weighted by Crippen LogP contribution is 2.22. The van der Waals surface area contributed by atoms with E-state index in [1.165, 1.54) is 6.08 Å². The molecule has 1 fully saturated rings. The predicted octanol–water partition coefficient (Wildman–Crippen LogP) is 1.70. The number of esters is 1. The second-order valence-electron chi connectivity index (χ2n) is 5.94. The van der Waals surface area contributed by atoms with Crippen molar-refractivity contribution in [3.8, 4) is 0 Å². The van der Waals surface area contributed by atoms with Gasteiger partial charge in [0.05, 0.1) is 17.0 Å². The van der Waals surface area contributed by atoms with E-state index in [1.807, 2.05) is 24.3 Å². The number of carbonyl (C=O) groups excluding carboxylic acids is 2. The smallest absolute Gasteiger partial charge is 0.331 e. The zero-order valence-electron chi connectivity index (χ0n) is 13.1. The lowest BCUT2D eigenvalue weighted by Gasteiger charge is -2.23. The minimum absolute atomic E-state index is 0.0551. The van der Waals surface area contributed by atoms with Gasteiger partial charge in [-0.25, -0.2) is 13.2 Å². The number of hydrogen-bond donors (Lipinski definition) is 1. The number of carbonyl (C=O) groups is 2. The van der Waals surface area contributed by atoms with E-state index in [2.05, 4.69) is 21.2 Å². The number of benzene rings is 1. The fraction of sp³-hybridized carbons (Fsp3) is 0.375. The van der Waals surface area contributed by atoms with Gasteiger partial charge in [0.2, 0.25) is 0 Å². The molecule has 130 valence electrons. The summed E-state index contributed by atoms with van der Waals surface area (Å²) < 4.78 is 28.8. The number of amides is 1. The quantitative estimate of drug-likeness (QED) is 0.583. The lowest BCUT2D eigenvalue weighted by molar-refractivity contribution is -0.144. The molecule has 0 saturated carbocycles. The van der Waals surface area contributed by atoms with Gasteiger partial charge >= 0.3 is 5.97 Å². The van der Waals surface area contributed by atoms with Crippen molar-refractivity contribution in [2.24, 2.45) is 0 Å². The van der Waals surface area contributed by atoms with E-state index in [9.17, 15) is 18.0 Å². The molecule has 1 N–H and O–H groups in total. The molecule has 1 aliphatic heterocycles. The van der Waals surface area contributed by atoms with Gasteiger partial charge < -0.3 is 10.1 Å². The molecule has 0 aromatic heterocycles. The van der Waals surface area contributed by atoms with Gasteiger partial charge in [-0.05, 0) is 37.1 Å². The first kappa shape index (κ1) is 18.7. The summed E-state index contributed by atoms with van der Waals surface area (Å²) in [5.74, 6) is -1.19. The molecule has 1 aromatic rings. The van der Waals surface area contributed by atoms with Crippen LogP contribution in [0.3, 0.4) is 0 Å². The fourth-order valence-corrected chi connectivity index (χ4v) is 4.76. The number of ether oxygens (including phenoxy) is 1. The summed E-state index contributed by atoms with van der Waals surface area (Å²) in [5, 5.41) is 2.62. The van der Waals surface area contributed by atoms with E-state index < -0.39 is 33.9 Å². The average Bonchev–Trinajstić information content (AvgIpc) is 2.78. The summed E-state index contributed by atoms with van der Waals surface area (Å²) in [4.78, 5) is 23.4. The number of nitrogens with one attached hydrogen (secondary N) is 1. The maximum Gasteiger partial charge on any atom is 0.331 e. The Morgan fingerprint density at radius 1 is 1.33 bits per heavy atom. The van der Waals surface area contributed by atoms with Crippen LogP contribution in [0.1, 0.15) is 18.9 Å². The van der Waals surface area contributed by atoms with Gasteiger partial charge in [-0.15, -0.1) is 0 Å². The second-order valence-corrected chi connectivity index (χ2v) is 9.04. The summed E-state index contributed by atoms with van der Waals surface area (Å²) in [6.07, 6.45) is 3.17. The molecule has 6 nitrogen and oxygen atoms in total. The largest absolute Gasteiger partial charge is 0.452 e. The van der Waals surface area contributed by atoms with Gasteiger partial charge in [0, 0.05) is 10.5 Å². The van der Waals surface area contributed by atoms with Gasteiger partial charge in [0.15, 0.2) is 16.4 Å². The van der Waals surface area contributed by atoms with E-state index >= 15 is 0 Å². The molecule has 1 atom stereocenters. The van der Waals surface area contributed by atoms with Crippen LogP contribution in [0.4, 0.5) is 0 Å². The molecule has 1 saturated heterocycles. The maximum atomic E-state index is 11.8. The molecule has 24 heavy (non-hydrogen) atoms. The van der Waals surface area contributed by atoms with Crippen LogP contribution in [0.25, 0.3) is 6.08 Å². The third kappa shape index (κ3) is 5.76. The summed E-state index contributed by atoms with van der Waals surface area (Å²) in [5.41, 5.74) is 0.0264. The Kier molecular flexibility index (Phi) is 5.82. The van der Waals surface area contributed by atoms with Crippen LogP contribution in [-0.2, 0) is 24.2 Å². The van der Waals surface area contributed by atoms with Gasteiger partial charge in [-0.2, -0.15) is 0 Å². The standard InChI is InChI=1S/C16H18BrNO5S/c1-16(8-9-24(21,22)11-16)18-14(19)10-23-15(20)7-4-12-2-5-13(17)6-3-12/h2-7H,8-11H2,1H3,(H,18,19)/b7-4+/t16-/m1/s1. The van der Waals surface area contributed by atoms with E-state index in [1.54, 1.807) is 13.0 Å². The van der Waals surface area contributed by atoms with Gasteiger partial charge in [-0.1, -0.05) is 28.1 Å². The van der Waals surface area contributed by atoms with Crippen molar-refractivity contribution in [1.82, 2.24) is 5.32 Å². The Morgan fingerprint density at radius 2 is 2.00 bits per heavy atom. The highest BCUT2D eigenvalue weighted by atomic mass is 79.9. The van der Waals surface area contributed by atoms with Crippen LogP contribution in [0.5, 0.6) is 0 Å². The Morgan fingerprint density at radius 3 is 2.58 bits per heavy atom. The molecular formula is C16H18BrNO5S. The molecule has 1 aliphatic rings. The van der Waals surface area contributed by atoms with Crippen LogP contribution in [0.2, 0.25) is 0 Å². The Hall–Kier alpha value is -1.67. The van der Waals surface area contributed by atoms with Gasteiger partial charge in [0.25, 0.3) is 5.91 Å². The number of halogens is 1. The first-order chi connectivity index (χ1) is 11.2. The van der Waals surface area contributed by atoms with Crippen molar-refractivity contribution in [2.45, 2.75) is 18.9 Å². The Balaban J connectivity index is 1.79. The minimum Gasteiger partial charge on any atom is -0.452 e. The van der Waals surface area contributed by atoms with Crippen LogP contribution in [0, 0.1) is 0 Å². The van der Waals surface area contributed by atoms with Crippen molar-refractivity contribution in [3.63, 3.8) is 0 Å². The third-order valence-corrected chi connectivity index (χ3v) is 6.00. The molecule has 8 heteroatoms. The third-order valence-electron chi connectivity index (χ3n) is 3.57. The topological polar surface area (TPSA) is 89.5 Å². The van der Waals surface area contributed by atoms with Crippen LogP contribution in [0.15, 0.2) is 34.8 Å². The molecule has 0 spiro atoms. The Bertz CT molecular complexity index is 757. The predicted molar refractivity (Wildman–Crippen MR) is 94.0 cm³/mol. The maximum absolute atomic E-state index is 11.8. The normalized spacial score (nSPS) is 22.4. The molecule has 1 aromatic carbocycles. The van der Waals surface area contributed by atoms with Crippen molar-refractivity contribution < 1.29 is 22.7 Å². The van der Waals surface area contributed by atoms with Crippen LogP contribution in [-0.4, -0.2) is 43.9 Å². The van der Waals surface area contributed by atoms with E-state index in [0.717, 1.165) is 10.0 Å². The zero-order valence-corrected chi connectivity index (χ0v) is 15.5. The zero-order chi connectivity index (χ0) is 17.8. The molecular weight excluding hydrogens is 398 g/mol. The minimum atomic E-state index is -3.11. The van der Waals surface area contributed by atoms with E-state index in [0.29, 0.717) is 6.42 Å². The first-order valence-electron chi connectivity index (χ1n) is 7.29. The van der Waals surface area contributed by atoms with Crippen molar-refractivity contribution in [3.05, 3.63) is 40.4 Å². The van der Waals surface area contributed by atoms with Crippen LogP contribution < -0.4 is 5.32 Å². The lowest BCUT2D eigenvalue weighted by Crippen LogP contribution is -2.48. The van der Waals surface area contributed by atoms with Crippen molar-refractivity contribution in [1.29, 1.82) is 0 Å². The molecule has 0 bridgehead atoms. The van der Waals surface area contributed by atoms with E-state index in [4.69, 9.17) is 4.74 Å². The summed E-state index contributed by atoms with van der Waals surface area (Å²) in [6.45, 7) is 1.23. The Labute approximate surface area is 149 Å².